The molecule has 1 amide bonds. The van der Waals surface area contributed by atoms with Crippen LogP contribution in [0.2, 0.25) is 10.0 Å². The molecular formula is C11H13Cl2NO2S. The van der Waals surface area contributed by atoms with E-state index >= 15 is 0 Å². The molecule has 0 spiro atoms. The van der Waals surface area contributed by atoms with E-state index in [1.807, 2.05) is 6.26 Å². The third-order valence-electron chi connectivity index (χ3n) is 2.04. The van der Waals surface area contributed by atoms with E-state index in [9.17, 15) is 9.90 Å². The number of hydrogen-bond acceptors (Lipinski definition) is 3. The number of thioether (sulfide) groups is 1. The number of aliphatic hydroxyl groups excluding tert-OH is 1. The van der Waals surface area contributed by atoms with Crippen LogP contribution >= 0.6 is 35.0 Å². The van der Waals surface area contributed by atoms with Crippen LogP contribution in [0, 0.1) is 0 Å². The van der Waals surface area contributed by atoms with E-state index < -0.39 is 6.10 Å². The number of amides is 1. The van der Waals surface area contributed by atoms with E-state index in [-0.39, 0.29) is 12.5 Å². The Morgan fingerprint density at radius 2 is 2.00 bits per heavy atom. The van der Waals surface area contributed by atoms with Gasteiger partial charge in [-0.2, -0.15) is 11.8 Å². The van der Waals surface area contributed by atoms with Crippen LogP contribution in [-0.2, 0) is 4.79 Å². The van der Waals surface area contributed by atoms with Gasteiger partial charge >= 0.3 is 0 Å². The Labute approximate surface area is 114 Å². The Morgan fingerprint density at radius 1 is 1.41 bits per heavy atom. The Balaban J connectivity index is 2.57. The van der Waals surface area contributed by atoms with Crippen molar-refractivity contribution in [3.05, 3.63) is 33.8 Å². The lowest BCUT2D eigenvalue weighted by atomic mass is 10.1. The van der Waals surface area contributed by atoms with Crippen molar-refractivity contribution in [3.8, 4) is 0 Å². The molecule has 0 aliphatic rings. The zero-order chi connectivity index (χ0) is 12.8. The largest absolute Gasteiger partial charge is 0.387 e. The molecule has 0 bridgehead atoms. The van der Waals surface area contributed by atoms with Gasteiger partial charge in [-0.1, -0.05) is 23.2 Å². The van der Waals surface area contributed by atoms with Gasteiger partial charge in [-0.25, -0.2) is 0 Å². The van der Waals surface area contributed by atoms with Crippen molar-refractivity contribution in [2.45, 2.75) is 6.10 Å². The Kier molecular flexibility index (Phi) is 6.12. The van der Waals surface area contributed by atoms with Gasteiger partial charge in [0.1, 0.15) is 0 Å². The SMILES string of the molecule is CSCC(=O)NC[C@@H](O)c1cc(Cl)cc(Cl)c1. The number of carbonyl (C=O) groups excluding carboxylic acids is 1. The molecule has 2 N–H and O–H groups in total. The number of carbonyl (C=O) groups is 1. The first-order valence-corrected chi connectivity index (χ1v) is 7.07. The number of hydrogen-bond donors (Lipinski definition) is 2. The van der Waals surface area contributed by atoms with Gasteiger partial charge in [0, 0.05) is 16.6 Å². The van der Waals surface area contributed by atoms with Crippen LogP contribution in [0.5, 0.6) is 0 Å². The predicted molar refractivity (Wildman–Crippen MR) is 72.8 cm³/mol. The van der Waals surface area contributed by atoms with Crippen LogP contribution in [0.15, 0.2) is 18.2 Å². The predicted octanol–water partition coefficient (Wildman–Crippen LogP) is 2.51. The number of aliphatic hydroxyl groups is 1. The maximum atomic E-state index is 11.2. The van der Waals surface area contributed by atoms with Crippen LogP contribution in [0.25, 0.3) is 0 Å². The quantitative estimate of drug-likeness (QED) is 0.877. The van der Waals surface area contributed by atoms with E-state index in [1.54, 1.807) is 18.2 Å². The minimum Gasteiger partial charge on any atom is -0.387 e. The van der Waals surface area contributed by atoms with Gasteiger partial charge in [0.2, 0.25) is 5.91 Å². The van der Waals surface area contributed by atoms with Gasteiger partial charge in [-0.15, -0.1) is 0 Å². The van der Waals surface area contributed by atoms with E-state index in [0.29, 0.717) is 21.4 Å². The van der Waals surface area contributed by atoms with Gasteiger partial charge in [-0.05, 0) is 30.0 Å². The lowest BCUT2D eigenvalue weighted by Crippen LogP contribution is -2.29. The smallest absolute Gasteiger partial charge is 0.230 e. The average Bonchev–Trinajstić information content (AvgIpc) is 2.25. The fraction of sp³-hybridized carbons (Fsp3) is 0.364. The van der Waals surface area contributed by atoms with Gasteiger partial charge < -0.3 is 10.4 Å². The second-order valence-corrected chi connectivity index (χ2v) is 5.19. The van der Waals surface area contributed by atoms with E-state index in [0.717, 1.165) is 0 Å². The molecule has 3 nitrogen and oxygen atoms in total. The molecule has 1 atom stereocenters. The molecule has 0 aliphatic carbocycles. The number of nitrogens with one attached hydrogen (secondary N) is 1. The first kappa shape index (κ1) is 14.6. The summed E-state index contributed by atoms with van der Waals surface area (Å²) in [6.45, 7) is 0.149. The molecule has 1 rings (SSSR count). The highest BCUT2D eigenvalue weighted by molar-refractivity contribution is 7.99. The Bertz CT molecular complexity index is 381. The highest BCUT2D eigenvalue weighted by atomic mass is 35.5. The lowest BCUT2D eigenvalue weighted by Gasteiger charge is -2.12. The summed E-state index contributed by atoms with van der Waals surface area (Å²) in [6.07, 6.45) is 1.03. The van der Waals surface area contributed by atoms with Crippen molar-refractivity contribution < 1.29 is 9.90 Å². The molecule has 1 aromatic carbocycles. The Morgan fingerprint density at radius 3 is 2.53 bits per heavy atom. The highest BCUT2D eigenvalue weighted by Crippen LogP contribution is 2.23. The molecule has 1 aromatic rings. The van der Waals surface area contributed by atoms with Gasteiger partial charge in [-0.3, -0.25) is 4.79 Å². The molecule has 0 aromatic heterocycles. The van der Waals surface area contributed by atoms with E-state index in [4.69, 9.17) is 23.2 Å². The molecule has 0 fully saturated rings. The fourth-order valence-corrected chi connectivity index (χ4v) is 2.19. The molecule has 94 valence electrons. The maximum absolute atomic E-state index is 11.2. The summed E-state index contributed by atoms with van der Waals surface area (Å²) in [5.41, 5.74) is 0.590. The third-order valence-corrected chi connectivity index (χ3v) is 3.02. The van der Waals surface area contributed by atoms with Gasteiger partial charge in [0.25, 0.3) is 0 Å². The minimum absolute atomic E-state index is 0.107. The van der Waals surface area contributed by atoms with Crippen molar-refractivity contribution in [2.24, 2.45) is 0 Å². The maximum Gasteiger partial charge on any atom is 0.230 e. The molecular weight excluding hydrogens is 281 g/mol. The van der Waals surface area contributed by atoms with Crippen LogP contribution in [0.3, 0.4) is 0 Å². The topological polar surface area (TPSA) is 49.3 Å². The van der Waals surface area contributed by atoms with Crippen molar-refractivity contribution in [1.29, 1.82) is 0 Å². The van der Waals surface area contributed by atoms with Crippen molar-refractivity contribution in [3.63, 3.8) is 0 Å². The molecule has 0 heterocycles. The van der Waals surface area contributed by atoms with Gasteiger partial charge in [0.05, 0.1) is 11.9 Å². The molecule has 0 radical (unpaired) electrons. The molecule has 17 heavy (non-hydrogen) atoms. The first-order valence-electron chi connectivity index (χ1n) is 4.92. The molecule has 6 heteroatoms. The molecule has 0 saturated carbocycles. The Hall–Kier alpha value is -0.420. The summed E-state index contributed by atoms with van der Waals surface area (Å²) in [5, 5.41) is 13.4. The average molecular weight is 294 g/mol. The second-order valence-electron chi connectivity index (χ2n) is 3.46. The van der Waals surface area contributed by atoms with Gasteiger partial charge in [0.15, 0.2) is 0 Å². The standard InChI is InChI=1S/C11H13Cl2NO2S/c1-17-6-11(16)14-5-10(15)7-2-8(12)4-9(13)3-7/h2-4,10,15H,5-6H2,1H3,(H,14,16)/t10-/m1/s1. The monoisotopic (exact) mass is 293 g/mol. The lowest BCUT2D eigenvalue weighted by molar-refractivity contribution is -0.119. The van der Waals surface area contributed by atoms with Crippen molar-refractivity contribution in [2.75, 3.05) is 18.6 Å². The summed E-state index contributed by atoms with van der Waals surface area (Å²) in [5.74, 6) is 0.271. The summed E-state index contributed by atoms with van der Waals surface area (Å²) >= 11 is 13.1. The fourth-order valence-electron chi connectivity index (χ4n) is 1.28. The number of rotatable bonds is 5. The third kappa shape index (κ3) is 5.17. The second kappa shape index (κ2) is 7.11. The van der Waals surface area contributed by atoms with Crippen LogP contribution in [0.4, 0.5) is 0 Å². The first-order chi connectivity index (χ1) is 8.02. The zero-order valence-electron chi connectivity index (χ0n) is 9.24. The van der Waals surface area contributed by atoms with Crippen molar-refractivity contribution >= 4 is 40.9 Å². The summed E-state index contributed by atoms with van der Waals surface area (Å²) < 4.78 is 0. The van der Waals surface area contributed by atoms with E-state index in [1.165, 1.54) is 11.8 Å². The zero-order valence-corrected chi connectivity index (χ0v) is 11.6. The molecule has 0 aliphatic heterocycles. The van der Waals surface area contributed by atoms with Crippen molar-refractivity contribution in [1.82, 2.24) is 5.32 Å². The number of benzene rings is 1. The molecule has 0 saturated heterocycles. The summed E-state index contributed by atoms with van der Waals surface area (Å²) in [7, 11) is 0. The normalized spacial score (nSPS) is 12.2. The minimum atomic E-state index is -0.808. The number of halogens is 2. The molecule has 0 unspecified atom stereocenters. The van der Waals surface area contributed by atoms with E-state index in [2.05, 4.69) is 5.32 Å². The van der Waals surface area contributed by atoms with Crippen LogP contribution in [0.1, 0.15) is 11.7 Å². The summed E-state index contributed by atoms with van der Waals surface area (Å²) in [6, 6.07) is 4.84. The highest BCUT2D eigenvalue weighted by Gasteiger charge is 2.10. The van der Waals surface area contributed by atoms with Crippen LogP contribution in [-0.4, -0.2) is 29.6 Å². The summed E-state index contributed by atoms with van der Waals surface area (Å²) in [4.78, 5) is 11.2. The van der Waals surface area contributed by atoms with Crippen LogP contribution < -0.4 is 5.32 Å².